The van der Waals surface area contributed by atoms with Gasteiger partial charge in [0, 0.05) is 12.2 Å². The lowest BCUT2D eigenvalue weighted by Crippen LogP contribution is -2.43. The quantitative estimate of drug-likeness (QED) is 0.908. The van der Waals surface area contributed by atoms with Crippen LogP contribution in [0.2, 0.25) is 5.02 Å². The molecule has 0 saturated heterocycles. The van der Waals surface area contributed by atoms with Crippen LogP contribution >= 0.6 is 11.6 Å². The second-order valence-electron chi connectivity index (χ2n) is 6.92. The molecule has 2 aliphatic rings. The number of aromatic nitrogens is 2. The highest BCUT2D eigenvalue weighted by molar-refractivity contribution is 6.30. The lowest BCUT2D eigenvalue weighted by Gasteiger charge is -2.29. The van der Waals surface area contributed by atoms with Gasteiger partial charge in [0.2, 0.25) is 5.91 Å². The number of fused-ring (bicyclic) bond motifs is 2. The molecule has 2 saturated carbocycles. The van der Waals surface area contributed by atoms with Crippen LogP contribution in [0.15, 0.2) is 12.4 Å². The summed E-state index contributed by atoms with van der Waals surface area (Å²) in [6.45, 7) is 4.68. The van der Waals surface area contributed by atoms with Gasteiger partial charge in [-0.05, 0) is 43.9 Å². The number of hydrogen-bond donors (Lipinski definition) is 1. The fourth-order valence-corrected chi connectivity index (χ4v) is 4.34. The number of hydrogen-bond acceptors (Lipinski definition) is 2. The van der Waals surface area contributed by atoms with E-state index >= 15 is 0 Å². The van der Waals surface area contributed by atoms with Gasteiger partial charge in [0.25, 0.3) is 0 Å². The van der Waals surface area contributed by atoms with Crippen LogP contribution in [0.4, 0.5) is 0 Å². The molecule has 1 aromatic rings. The zero-order valence-electron chi connectivity index (χ0n) is 12.8. The van der Waals surface area contributed by atoms with Gasteiger partial charge in [0.15, 0.2) is 0 Å². The highest BCUT2D eigenvalue weighted by Crippen LogP contribution is 2.49. The second-order valence-corrected chi connectivity index (χ2v) is 7.35. The van der Waals surface area contributed by atoms with Crippen molar-refractivity contribution in [3.8, 4) is 0 Å². The third kappa shape index (κ3) is 3.25. The summed E-state index contributed by atoms with van der Waals surface area (Å²) in [5, 5.41) is 7.96. The van der Waals surface area contributed by atoms with E-state index in [9.17, 15) is 4.79 Å². The van der Waals surface area contributed by atoms with Crippen LogP contribution < -0.4 is 5.32 Å². The summed E-state index contributed by atoms with van der Waals surface area (Å²) in [4.78, 5) is 12.3. The van der Waals surface area contributed by atoms with Crippen LogP contribution in [-0.4, -0.2) is 21.7 Å². The molecule has 1 heterocycles. The molecule has 4 nitrogen and oxygen atoms in total. The van der Waals surface area contributed by atoms with Crippen LogP contribution in [0, 0.1) is 23.7 Å². The van der Waals surface area contributed by atoms with Gasteiger partial charge in [-0.3, -0.25) is 9.48 Å². The van der Waals surface area contributed by atoms with E-state index in [4.69, 9.17) is 11.6 Å². The number of carbonyl (C=O) groups is 1. The minimum Gasteiger partial charge on any atom is -0.353 e. The van der Waals surface area contributed by atoms with E-state index in [1.807, 2.05) is 6.92 Å². The Morgan fingerprint density at radius 2 is 2.29 bits per heavy atom. The zero-order chi connectivity index (χ0) is 15.0. The monoisotopic (exact) mass is 309 g/mol. The van der Waals surface area contributed by atoms with E-state index in [1.54, 1.807) is 17.1 Å². The molecule has 2 fully saturated rings. The van der Waals surface area contributed by atoms with Crippen LogP contribution in [0.1, 0.15) is 39.5 Å². The SMILES string of the molecule is C[C@H](Cn1cc(Cl)cn1)C(=O)N[C@@H](C)[C@H]1C[C@H]2CC[C@H]1C2. The van der Waals surface area contributed by atoms with Gasteiger partial charge >= 0.3 is 0 Å². The number of nitrogens with zero attached hydrogens (tertiary/aromatic N) is 2. The molecule has 0 radical (unpaired) electrons. The average molecular weight is 310 g/mol. The molecule has 5 heteroatoms. The minimum absolute atomic E-state index is 0.0954. The van der Waals surface area contributed by atoms with Gasteiger partial charge < -0.3 is 5.32 Å². The smallest absolute Gasteiger partial charge is 0.224 e. The normalized spacial score (nSPS) is 30.3. The lowest BCUT2D eigenvalue weighted by molar-refractivity contribution is -0.126. The van der Waals surface area contributed by atoms with E-state index in [0.29, 0.717) is 17.5 Å². The second kappa shape index (κ2) is 5.99. The third-order valence-corrected chi connectivity index (χ3v) is 5.51. The number of amides is 1. The van der Waals surface area contributed by atoms with Crippen molar-refractivity contribution < 1.29 is 4.79 Å². The van der Waals surface area contributed by atoms with E-state index in [-0.39, 0.29) is 17.9 Å². The summed E-state index contributed by atoms with van der Waals surface area (Å²) in [6, 6.07) is 0.288. The largest absolute Gasteiger partial charge is 0.353 e. The molecule has 0 aliphatic heterocycles. The number of halogens is 1. The van der Waals surface area contributed by atoms with Gasteiger partial charge in [-0.25, -0.2) is 0 Å². The third-order valence-electron chi connectivity index (χ3n) is 5.32. The molecule has 1 amide bonds. The van der Waals surface area contributed by atoms with Gasteiger partial charge in [-0.15, -0.1) is 0 Å². The summed E-state index contributed by atoms with van der Waals surface area (Å²) in [6.07, 6.45) is 8.80. The maximum atomic E-state index is 12.3. The van der Waals surface area contributed by atoms with Gasteiger partial charge in [-0.1, -0.05) is 24.9 Å². The Kier molecular flexibility index (Phi) is 4.25. The number of nitrogens with one attached hydrogen (secondary N) is 1. The molecule has 5 atom stereocenters. The van der Waals surface area contributed by atoms with Gasteiger partial charge in [-0.2, -0.15) is 5.10 Å². The Labute approximate surface area is 131 Å². The molecule has 3 rings (SSSR count). The summed E-state index contributed by atoms with van der Waals surface area (Å²) < 4.78 is 1.73. The van der Waals surface area contributed by atoms with Crippen LogP contribution in [-0.2, 0) is 11.3 Å². The maximum Gasteiger partial charge on any atom is 0.224 e. The van der Waals surface area contributed by atoms with Crippen LogP contribution in [0.25, 0.3) is 0 Å². The molecular weight excluding hydrogens is 286 g/mol. The minimum atomic E-state index is -0.0954. The van der Waals surface area contributed by atoms with Crippen molar-refractivity contribution in [2.75, 3.05) is 0 Å². The fourth-order valence-electron chi connectivity index (χ4n) is 4.18. The summed E-state index contributed by atoms with van der Waals surface area (Å²) in [7, 11) is 0. The summed E-state index contributed by atoms with van der Waals surface area (Å²) >= 11 is 5.85. The maximum absolute atomic E-state index is 12.3. The molecule has 1 aromatic heterocycles. The number of carbonyl (C=O) groups excluding carboxylic acids is 1. The first kappa shape index (κ1) is 14.9. The van der Waals surface area contributed by atoms with Crippen molar-refractivity contribution in [3.63, 3.8) is 0 Å². The Morgan fingerprint density at radius 1 is 1.48 bits per heavy atom. The number of rotatable bonds is 5. The topological polar surface area (TPSA) is 46.9 Å². The molecule has 2 bridgehead atoms. The Balaban J connectivity index is 1.51. The molecule has 0 spiro atoms. The Hall–Kier alpha value is -1.03. The highest BCUT2D eigenvalue weighted by Gasteiger charge is 2.42. The Morgan fingerprint density at radius 3 is 2.86 bits per heavy atom. The van der Waals surface area contributed by atoms with Crippen molar-refractivity contribution in [2.45, 2.75) is 52.1 Å². The highest BCUT2D eigenvalue weighted by atomic mass is 35.5. The van der Waals surface area contributed by atoms with Crippen molar-refractivity contribution in [2.24, 2.45) is 23.7 Å². The zero-order valence-corrected chi connectivity index (χ0v) is 13.5. The molecule has 2 aliphatic carbocycles. The first-order valence-corrected chi connectivity index (χ1v) is 8.39. The summed E-state index contributed by atoms with van der Waals surface area (Å²) in [5.41, 5.74) is 0. The standard InChI is InChI=1S/C16H24ClN3O/c1-10(8-20-9-14(17)7-18-20)16(21)19-11(2)15-6-12-3-4-13(15)5-12/h7,9-13,15H,3-6,8H2,1-2H3,(H,19,21)/t10-,11+,12+,13+,15-/m1/s1. The first-order valence-electron chi connectivity index (χ1n) is 8.01. The molecule has 21 heavy (non-hydrogen) atoms. The van der Waals surface area contributed by atoms with E-state index in [0.717, 1.165) is 11.8 Å². The van der Waals surface area contributed by atoms with E-state index in [1.165, 1.54) is 25.7 Å². The average Bonchev–Trinajstić information content (AvgIpc) is 3.15. The molecule has 0 unspecified atom stereocenters. The lowest BCUT2D eigenvalue weighted by atomic mass is 9.84. The van der Waals surface area contributed by atoms with Crippen LogP contribution in [0.5, 0.6) is 0 Å². The van der Waals surface area contributed by atoms with Crippen LogP contribution in [0.3, 0.4) is 0 Å². The van der Waals surface area contributed by atoms with Crippen molar-refractivity contribution in [3.05, 3.63) is 17.4 Å². The Bertz CT molecular complexity index is 515. The van der Waals surface area contributed by atoms with E-state index < -0.39 is 0 Å². The van der Waals surface area contributed by atoms with Crippen molar-refractivity contribution in [1.29, 1.82) is 0 Å². The first-order chi connectivity index (χ1) is 10.0. The molecular formula is C16H24ClN3O. The van der Waals surface area contributed by atoms with E-state index in [2.05, 4.69) is 17.3 Å². The summed E-state index contributed by atoms with van der Waals surface area (Å²) in [5.74, 6) is 2.46. The predicted octanol–water partition coefficient (Wildman–Crippen LogP) is 3.11. The van der Waals surface area contributed by atoms with Gasteiger partial charge in [0.1, 0.15) is 0 Å². The predicted molar refractivity (Wildman–Crippen MR) is 82.9 cm³/mol. The van der Waals surface area contributed by atoms with Crippen molar-refractivity contribution in [1.82, 2.24) is 15.1 Å². The molecule has 116 valence electrons. The fraction of sp³-hybridized carbons (Fsp3) is 0.750. The molecule has 0 aromatic carbocycles. The van der Waals surface area contributed by atoms with Crippen molar-refractivity contribution >= 4 is 17.5 Å². The molecule has 1 N–H and O–H groups in total. The van der Waals surface area contributed by atoms with Gasteiger partial charge in [0.05, 0.1) is 23.7 Å².